The molecule has 6 nitrogen and oxygen atoms in total. The summed E-state index contributed by atoms with van der Waals surface area (Å²) < 4.78 is 10.8. The molecule has 1 atom stereocenters. The topological polar surface area (TPSA) is 63.0 Å². The summed E-state index contributed by atoms with van der Waals surface area (Å²) in [6.07, 6.45) is 3.00. The molecule has 0 radical (unpaired) electrons. The van der Waals surface area contributed by atoms with E-state index in [0.29, 0.717) is 22.5 Å². The van der Waals surface area contributed by atoms with Gasteiger partial charge >= 0.3 is 5.63 Å². The zero-order valence-electron chi connectivity index (χ0n) is 15.2. The molecule has 0 N–H and O–H groups in total. The van der Waals surface area contributed by atoms with Crippen molar-refractivity contribution >= 4 is 28.5 Å². The van der Waals surface area contributed by atoms with Gasteiger partial charge in [-0.3, -0.25) is 9.69 Å². The minimum Gasteiger partial charge on any atom is -0.422 e. The van der Waals surface area contributed by atoms with Crippen LogP contribution in [0.15, 0.2) is 33.5 Å². The molecule has 0 bridgehead atoms. The van der Waals surface area contributed by atoms with Gasteiger partial charge in [0.25, 0.3) is 5.91 Å². The third-order valence-corrected chi connectivity index (χ3v) is 5.62. The summed E-state index contributed by atoms with van der Waals surface area (Å²) in [6.45, 7) is 4.72. The number of benzene rings is 1. The zero-order chi connectivity index (χ0) is 18.8. The van der Waals surface area contributed by atoms with Gasteiger partial charge in [0.2, 0.25) is 0 Å². The number of fused-ring (bicyclic) bond motifs is 1. The quantitative estimate of drug-likeness (QED) is 0.754. The maximum atomic E-state index is 13.2. The highest BCUT2D eigenvalue weighted by atomic mass is 35.5. The monoisotopic (exact) mass is 390 g/mol. The van der Waals surface area contributed by atoms with Gasteiger partial charge in [0.15, 0.2) is 0 Å². The Labute approximate surface area is 162 Å². The number of piperidine rings is 1. The van der Waals surface area contributed by atoms with Crippen molar-refractivity contribution in [3.05, 3.63) is 45.3 Å². The fourth-order valence-corrected chi connectivity index (χ4v) is 4.12. The molecular formula is C20H23ClN2O4. The van der Waals surface area contributed by atoms with Crippen LogP contribution in [0.4, 0.5) is 0 Å². The van der Waals surface area contributed by atoms with Crippen molar-refractivity contribution < 1.29 is 13.9 Å². The number of carbonyl (C=O) groups excluding carboxylic acids is 1. The van der Waals surface area contributed by atoms with Crippen molar-refractivity contribution in [2.45, 2.75) is 25.3 Å². The molecule has 2 aliphatic rings. The lowest BCUT2D eigenvalue weighted by Crippen LogP contribution is -2.52. The van der Waals surface area contributed by atoms with Crippen molar-refractivity contribution in [3.63, 3.8) is 0 Å². The fourth-order valence-electron chi connectivity index (χ4n) is 3.94. The lowest BCUT2D eigenvalue weighted by atomic mass is 10.00. The summed E-state index contributed by atoms with van der Waals surface area (Å²) in [5.41, 5.74) is -0.0753. The molecule has 2 aromatic rings. The van der Waals surface area contributed by atoms with E-state index in [9.17, 15) is 9.59 Å². The molecular weight excluding hydrogens is 368 g/mol. The number of amides is 1. The zero-order valence-corrected chi connectivity index (χ0v) is 15.9. The van der Waals surface area contributed by atoms with Crippen LogP contribution < -0.4 is 5.63 Å². The predicted molar refractivity (Wildman–Crippen MR) is 103 cm³/mol. The van der Waals surface area contributed by atoms with Crippen LogP contribution in [-0.4, -0.2) is 61.1 Å². The maximum Gasteiger partial charge on any atom is 0.349 e. The van der Waals surface area contributed by atoms with Crippen molar-refractivity contribution in [1.29, 1.82) is 0 Å². The summed E-state index contributed by atoms with van der Waals surface area (Å²) in [5.74, 6) is -0.247. The molecule has 27 heavy (non-hydrogen) atoms. The number of carbonyl (C=O) groups is 1. The number of rotatable bonds is 3. The SMILES string of the molecule is O=C(c1cc2cc(Cl)ccc2oc1=O)N1CCCCC1CN1CCOCC1. The average molecular weight is 391 g/mol. The van der Waals surface area contributed by atoms with E-state index in [1.54, 1.807) is 24.3 Å². The van der Waals surface area contributed by atoms with Gasteiger partial charge in [0, 0.05) is 42.6 Å². The molecule has 1 unspecified atom stereocenters. The Balaban J connectivity index is 1.60. The summed E-state index contributed by atoms with van der Waals surface area (Å²) in [4.78, 5) is 29.8. The second kappa shape index (κ2) is 8.00. The van der Waals surface area contributed by atoms with Gasteiger partial charge < -0.3 is 14.1 Å². The lowest BCUT2D eigenvalue weighted by molar-refractivity contribution is 0.0165. The van der Waals surface area contributed by atoms with Gasteiger partial charge in [-0.25, -0.2) is 4.79 Å². The van der Waals surface area contributed by atoms with Crippen LogP contribution in [0, 0.1) is 0 Å². The predicted octanol–water partition coefficient (Wildman–Crippen LogP) is 2.77. The van der Waals surface area contributed by atoms with E-state index in [1.807, 2.05) is 4.90 Å². The summed E-state index contributed by atoms with van der Waals surface area (Å²) in [5, 5.41) is 1.20. The first-order valence-corrected chi connectivity index (χ1v) is 9.84. The van der Waals surface area contributed by atoms with Gasteiger partial charge in [0.05, 0.1) is 13.2 Å². The maximum absolute atomic E-state index is 13.2. The van der Waals surface area contributed by atoms with Crippen LogP contribution >= 0.6 is 11.6 Å². The number of ether oxygens (including phenoxy) is 1. The smallest absolute Gasteiger partial charge is 0.349 e. The molecule has 1 aromatic heterocycles. The first-order valence-electron chi connectivity index (χ1n) is 9.46. The Kier molecular flexibility index (Phi) is 5.48. The van der Waals surface area contributed by atoms with E-state index in [0.717, 1.165) is 52.1 Å². The van der Waals surface area contributed by atoms with Gasteiger partial charge in [-0.05, 0) is 43.5 Å². The normalized spacial score (nSPS) is 21.5. The van der Waals surface area contributed by atoms with E-state index >= 15 is 0 Å². The van der Waals surface area contributed by atoms with Gasteiger partial charge in [-0.15, -0.1) is 0 Å². The first kappa shape index (κ1) is 18.5. The summed E-state index contributed by atoms with van der Waals surface area (Å²) in [6, 6.07) is 6.74. The van der Waals surface area contributed by atoms with Crippen molar-refractivity contribution in [2.75, 3.05) is 39.4 Å². The van der Waals surface area contributed by atoms with E-state index < -0.39 is 5.63 Å². The number of morpholine rings is 1. The molecule has 7 heteroatoms. The third-order valence-electron chi connectivity index (χ3n) is 5.39. The molecule has 4 rings (SSSR count). The van der Waals surface area contributed by atoms with E-state index in [-0.39, 0.29) is 17.5 Å². The largest absolute Gasteiger partial charge is 0.422 e. The van der Waals surface area contributed by atoms with Crippen LogP contribution in [-0.2, 0) is 4.74 Å². The minimum absolute atomic E-state index is 0.0821. The molecule has 2 saturated heterocycles. The second-order valence-corrected chi connectivity index (χ2v) is 7.63. The van der Waals surface area contributed by atoms with E-state index in [1.165, 1.54) is 0 Å². The highest BCUT2D eigenvalue weighted by Crippen LogP contribution is 2.23. The highest BCUT2D eigenvalue weighted by Gasteiger charge is 2.31. The van der Waals surface area contributed by atoms with Crippen LogP contribution in [0.5, 0.6) is 0 Å². The van der Waals surface area contributed by atoms with E-state index in [2.05, 4.69) is 4.90 Å². The lowest BCUT2D eigenvalue weighted by Gasteiger charge is -2.39. The van der Waals surface area contributed by atoms with Crippen LogP contribution in [0.1, 0.15) is 29.6 Å². The second-order valence-electron chi connectivity index (χ2n) is 7.19. The summed E-state index contributed by atoms with van der Waals surface area (Å²) >= 11 is 6.04. The molecule has 0 saturated carbocycles. The molecule has 144 valence electrons. The Bertz CT molecular complexity index is 891. The van der Waals surface area contributed by atoms with Crippen LogP contribution in [0.25, 0.3) is 11.0 Å². The van der Waals surface area contributed by atoms with Gasteiger partial charge in [-0.2, -0.15) is 0 Å². The molecule has 2 aliphatic heterocycles. The van der Waals surface area contributed by atoms with Crippen LogP contribution in [0.3, 0.4) is 0 Å². The molecule has 0 aliphatic carbocycles. The highest BCUT2D eigenvalue weighted by molar-refractivity contribution is 6.31. The Morgan fingerprint density at radius 3 is 2.78 bits per heavy atom. The standard InChI is InChI=1S/C20H23ClN2O4/c21-15-4-5-18-14(11-15)12-17(20(25)27-18)19(24)23-6-2-1-3-16(23)13-22-7-9-26-10-8-22/h4-5,11-12,16H,1-3,6-10,13H2. The van der Waals surface area contributed by atoms with Gasteiger partial charge in [0.1, 0.15) is 11.1 Å². The van der Waals surface area contributed by atoms with Crippen molar-refractivity contribution in [3.8, 4) is 0 Å². The van der Waals surface area contributed by atoms with Gasteiger partial charge in [-0.1, -0.05) is 11.6 Å². The molecule has 2 fully saturated rings. The number of likely N-dealkylation sites (tertiary alicyclic amines) is 1. The Hall–Kier alpha value is -1.89. The Morgan fingerprint density at radius 2 is 1.96 bits per heavy atom. The molecule has 1 amide bonds. The van der Waals surface area contributed by atoms with Crippen molar-refractivity contribution in [1.82, 2.24) is 9.80 Å². The molecule has 1 aromatic carbocycles. The average Bonchev–Trinajstić information content (AvgIpc) is 2.68. The molecule has 3 heterocycles. The minimum atomic E-state index is -0.592. The number of hydrogen-bond donors (Lipinski definition) is 0. The van der Waals surface area contributed by atoms with Crippen molar-refractivity contribution in [2.24, 2.45) is 0 Å². The number of nitrogens with zero attached hydrogens (tertiary/aromatic N) is 2. The number of hydrogen-bond acceptors (Lipinski definition) is 5. The summed E-state index contributed by atoms with van der Waals surface area (Å²) in [7, 11) is 0. The Morgan fingerprint density at radius 1 is 1.15 bits per heavy atom. The first-order chi connectivity index (χ1) is 13.1. The fraction of sp³-hybridized carbons (Fsp3) is 0.500. The van der Waals surface area contributed by atoms with Crippen LogP contribution in [0.2, 0.25) is 5.02 Å². The number of halogens is 1. The third kappa shape index (κ3) is 4.03. The molecule has 0 spiro atoms. The van der Waals surface area contributed by atoms with E-state index in [4.69, 9.17) is 20.8 Å².